The van der Waals surface area contributed by atoms with E-state index in [9.17, 15) is 14.4 Å². The fourth-order valence-corrected chi connectivity index (χ4v) is 4.53. The number of benzene rings is 1. The fourth-order valence-electron chi connectivity index (χ4n) is 4.53. The zero-order valence-corrected chi connectivity index (χ0v) is 16.0. The van der Waals surface area contributed by atoms with Crippen LogP contribution in [0.15, 0.2) is 30.3 Å². The Morgan fingerprint density at radius 1 is 1.11 bits per heavy atom. The lowest BCUT2D eigenvalue weighted by molar-refractivity contribution is -0.152. The van der Waals surface area contributed by atoms with Gasteiger partial charge in [-0.3, -0.25) is 14.4 Å². The lowest BCUT2D eigenvalue weighted by atomic mass is 9.90. The minimum absolute atomic E-state index is 0.0171. The van der Waals surface area contributed by atoms with Crippen LogP contribution in [0.25, 0.3) is 0 Å². The molecular formula is C21H28N4O3. The predicted molar refractivity (Wildman–Crippen MR) is 104 cm³/mol. The van der Waals surface area contributed by atoms with Crippen molar-refractivity contribution in [2.24, 2.45) is 5.92 Å². The normalized spacial score (nSPS) is 28.4. The molecule has 7 nitrogen and oxygen atoms in total. The summed E-state index contributed by atoms with van der Waals surface area (Å²) in [6, 6.07) is 8.70. The Morgan fingerprint density at radius 3 is 2.61 bits per heavy atom. The van der Waals surface area contributed by atoms with Crippen LogP contribution in [-0.4, -0.2) is 60.4 Å². The first-order chi connectivity index (χ1) is 13.6. The molecule has 0 radical (unpaired) electrons. The Labute approximate surface area is 165 Å². The standard InChI is InChI=1S/C21H28N4O3/c26-19(15-6-9-22-10-7-15)23-16-8-11-25-18(13-16)20(27)24-17(21(25)28)12-14-4-2-1-3-5-14/h1-5,15-18,22H,6-13H2,(H,23,26)(H,24,27). The maximum absolute atomic E-state index is 12.9. The summed E-state index contributed by atoms with van der Waals surface area (Å²) in [5.74, 6) is 0.0127. The van der Waals surface area contributed by atoms with Crippen LogP contribution in [0.2, 0.25) is 0 Å². The Bertz CT molecular complexity index is 732. The molecular weight excluding hydrogens is 356 g/mol. The van der Waals surface area contributed by atoms with Crippen LogP contribution in [0, 0.1) is 5.92 Å². The van der Waals surface area contributed by atoms with E-state index in [1.807, 2.05) is 30.3 Å². The highest BCUT2D eigenvalue weighted by Gasteiger charge is 2.44. The molecule has 0 aliphatic carbocycles. The van der Waals surface area contributed by atoms with Gasteiger partial charge in [-0.25, -0.2) is 0 Å². The molecule has 0 saturated carbocycles. The van der Waals surface area contributed by atoms with Crippen molar-refractivity contribution in [2.75, 3.05) is 19.6 Å². The second-order valence-corrected chi connectivity index (χ2v) is 8.05. The van der Waals surface area contributed by atoms with Gasteiger partial charge in [0.2, 0.25) is 17.7 Å². The van der Waals surface area contributed by atoms with E-state index in [1.54, 1.807) is 4.90 Å². The van der Waals surface area contributed by atoms with E-state index in [1.165, 1.54) is 0 Å². The van der Waals surface area contributed by atoms with Gasteiger partial charge < -0.3 is 20.9 Å². The molecule has 3 atom stereocenters. The van der Waals surface area contributed by atoms with Gasteiger partial charge >= 0.3 is 0 Å². The van der Waals surface area contributed by atoms with Crippen LogP contribution in [0.5, 0.6) is 0 Å². The van der Waals surface area contributed by atoms with Gasteiger partial charge in [0.25, 0.3) is 0 Å². The Kier molecular flexibility index (Phi) is 5.62. The van der Waals surface area contributed by atoms with Crippen molar-refractivity contribution in [1.82, 2.24) is 20.9 Å². The highest BCUT2D eigenvalue weighted by Crippen LogP contribution is 2.24. The van der Waals surface area contributed by atoms with Crippen LogP contribution in [0.1, 0.15) is 31.2 Å². The van der Waals surface area contributed by atoms with Crippen molar-refractivity contribution < 1.29 is 14.4 Å². The number of amides is 3. The number of hydrogen-bond acceptors (Lipinski definition) is 4. The van der Waals surface area contributed by atoms with E-state index in [0.717, 1.165) is 31.5 Å². The smallest absolute Gasteiger partial charge is 0.246 e. The SMILES string of the molecule is O=C(NC1CCN2C(=O)C(Cc3ccccc3)NC(=O)C2C1)C1CCNCC1. The van der Waals surface area contributed by atoms with Crippen LogP contribution >= 0.6 is 0 Å². The summed E-state index contributed by atoms with van der Waals surface area (Å²) >= 11 is 0. The number of hydrogen-bond donors (Lipinski definition) is 3. The molecule has 3 heterocycles. The number of fused-ring (bicyclic) bond motifs is 1. The van der Waals surface area contributed by atoms with Gasteiger partial charge in [-0.05, 0) is 44.3 Å². The summed E-state index contributed by atoms with van der Waals surface area (Å²) in [6.45, 7) is 2.26. The maximum Gasteiger partial charge on any atom is 0.246 e. The van der Waals surface area contributed by atoms with Gasteiger partial charge in [0.1, 0.15) is 12.1 Å². The summed E-state index contributed by atoms with van der Waals surface area (Å²) < 4.78 is 0. The van der Waals surface area contributed by atoms with E-state index < -0.39 is 12.1 Å². The topological polar surface area (TPSA) is 90.5 Å². The number of carbonyl (C=O) groups is 3. The lowest BCUT2D eigenvalue weighted by Crippen LogP contribution is -2.67. The fraction of sp³-hybridized carbons (Fsp3) is 0.571. The van der Waals surface area contributed by atoms with Crippen molar-refractivity contribution in [3.8, 4) is 0 Å². The molecule has 28 heavy (non-hydrogen) atoms. The van der Waals surface area contributed by atoms with Crippen LogP contribution in [0.3, 0.4) is 0 Å². The molecule has 3 unspecified atom stereocenters. The number of carbonyl (C=O) groups excluding carboxylic acids is 3. The first-order valence-corrected chi connectivity index (χ1v) is 10.3. The van der Waals surface area contributed by atoms with Gasteiger partial charge in [-0.2, -0.15) is 0 Å². The second-order valence-electron chi connectivity index (χ2n) is 8.05. The first kappa shape index (κ1) is 18.9. The molecule has 3 amide bonds. The summed E-state index contributed by atoms with van der Waals surface area (Å²) in [7, 11) is 0. The third kappa shape index (κ3) is 4.04. The van der Waals surface area contributed by atoms with Gasteiger partial charge in [0.05, 0.1) is 0 Å². The van der Waals surface area contributed by atoms with Crippen molar-refractivity contribution in [3.05, 3.63) is 35.9 Å². The summed E-state index contributed by atoms with van der Waals surface area (Å²) in [5, 5.41) is 9.29. The van der Waals surface area contributed by atoms with Gasteiger partial charge in [0, 0.05) is 24.9 Å². The number of nitrogens with zero attached hydrogens (tertiary/aromatic N) is 1. The molecule has 0 aromatic heterocycles. The highest BCUT2D eigenvalue weighted by molar-refractivity contribution is 5.97. The van der Waals surface area contributed by atoms with Crippen LogP contribution in [-0.2, 0) is 20.8 Å². The Balaban J connectivity index is 1.35. The average molecular weight is 384 g/mol. The summed E-state index contributed by atoms with van der Waals surface area (Å²) in [5.41, 5.74) is 1.03. The van der Waals surface area contributed by atoms with Gasteiger partial charge in [-0.1, -0.05) is 30.3 Å². The minimum Gasteiger partial charge on any atom is -0.353 e. The Morgan fingerprint density at radius 2 is 1.86 bits per heavy atom. The third-order valence-corrected chi connectivity index (χ3v) is 6.14. The molecule has 1 aromatic carbocycles. The number of piperazine rings is 1. The number of piperidine rings is 2. The van der Waals surface area contributed by atoms with Gasteiger partial charge in [0.15, 0.2) is 0 Å². The van der Waals surface area contributed by atoms with E-state index in [2.05, 4.69) is 16.0 Å². The van der Waals surface area contributed by atoms with Crippen molar-refractivity contribution in [1.29, 1.82) is 0 Å². The third-order valence-electron chi connectivity index (χ3n) is 6.14. The maximum atomic E-state index is 12.9. The lowest BCUT2D eigenvalue weighted by Gasteiger charge is -2.44. The molecule has 1 aromatic rings. The zero-order valence-electron chi connectivity index (χ0n) is 16.0. The molecule has 7 heteroatoms. The monoisotopic (exact) mass is 384 g/mol. The molecule has 3 N–H and O–H groups in total. The Hall–Kier alpha value is -2.41. The highest BCUT2D eigenvalue weighted by atomic mass is 16.2. The first-order valence-electron chi connectivity index (χ1n) is 10.3. The van der Waals surface area contributed by atoms with Crippen LogP contribution in [0.4, 0.5) is 0 Å². The van der Waals surface area contributed by atoms with Crippen molar-refractivity contribution in [3.63, 3.8) is 0 Å². The summed E-state index contributed by atoms with van der Waals surface area (Å²) in [4.78, 5) is 39.8. The molecule has 150 valence electrons. The quantitative estimate of drug-likeness (QED) is 0.692. The van der Waals surface area contributed by atoms with Crippen molar-refractivity contribution >= 4 is 17.7 Å². The van der Waals surface area contributed by atoms with E-state index in [4.69, 9.17) is 0 Å². The van der Waals surface area contributed by atoms with Crippen LogP contribution < -0.4 is 16.0 Å². The minimum atomic E-state index is -0.507. The average Bonchev–Trinajstić information content (AvgIpc) is 2.73. The predicted octanol–water partition coefficient (Wildman–Crippen LogP) is 0.203. The molecule has 4 rings (SSSR count). The second kappa shape index (κ2) is 8.31. The molecule has 0 bridgehead atoms. The molecule has 3 aliphatic rings. The molecule has 3 aliphatic heterocycles. The van der Waals surface area contributed by atoms with E-state index in [-0.39, 0.29) is 29.7 Å². The molecule has 3 fully saturated rings. The number of rotatable bonds is 4. The van der Waals surface area contributed by atoms with E-state index >= 15 is 0 Å². The number of nitrogens with one attached hydrogen (secondary N) is 3. The molecule has 3 saturated heterocycles. The van der Waals surface area contributed by atoms with E-state index in [0.29, 0.717) is 25.8 Å². The van der Waals surface area contributed by atoms with Gasteiger partial charge in [-0.15, -0.1) is 0 Å². The zero-order chi connectivity index (χ0) is 19.5. The summed E-state index contributed by atoms with van der Waals surface area (Å²) in [6.07, 6.45) is 3.41. The molecule has 0 spiro atoms. The van der Waals surface area contributed by atoms with Crippen molar-refractivity contribution in [2.45, 2.75) is 50.2 Å². The largest absolute Gasteiger partial charge is 0.353 e.